The van der Waals surface area contributed by atoms with Crippen molar-refractivity contribution in [2.24, 2.45) is 4.99 Å². The number of aliphatic imine (C=N–C) groups is 1. The van der Waals surface area contributed by atoms with Crippen LogP contribution in [-0.4, -0.2) is 52.7 Å². The Morgan fingerprint density at radius 2 is 1.94 bits per heavy atom. The number of nitrogens with zero attached hydrogens (tertiary/aromatic N) is 4. The molecule has 164 valence electrons. The molecule has 7 nitrogen and oxygen atoms in total. The first-order valence-electron chi connectivity index (χ1n) is 9.50. The second kappa shape index (κ2) is 9.96. The number of ether oxygens (including phenoxy) is 1. The molecule has 0 aliphatic rings. The lowest BCUT2D eigenvalue weighted by atomic mass is 10.2. The van der Waals surface area contributed by atoms with E-state index in [4.69, 9.17) is 4.74 Å². The monoisotopic (exact) mass is 432 g/mol. The quantitative estimate of drug-likeness (QED) is 0.441. The number of guanidine groups is 1. The predicted molar refractivity (Wildman–Crippen MR) is 111 cm³/mol. The summed E-state index contributed by atoms with van der Waals surface area (Å²) in [5.41, 5.74) is 2.44. The van der Waals surface area contributed by atoms with Gasteiger partial charge in [-0.15, -0.1) is 0 Å². The Morgan fingerprint density at radius 1 is 1.16 bits per heavy atom. The van der Waals surface area contributed by atoms with Crippen LogP contribution in [0.4, 0.5) is 13.2 Å². The molecule has 1 aromatic carbocycles. The second-order valence-corrected chi connectivity index (χ2v) is 6.74. The summed E-state index contributed by atoms with van der Waals surface area (Å²) in [6.07, 6.45) is -1.27. The highest BCUT2D eigenvalue weighted by Crippen LogP contribution is 2.20. The summed E-state index contributed by atoms with van der Waals surface area (Å²) in [5.74, 6) is 1.23. The van der Waals surface area contributed by atoms with Crippen molar-refractivity contribution < 1.29 is 17.9 Å². The van der Waals surface area contributed by atoms with E-state index in [0.717, 1.165) is 17.1 Å². The minimum atomic E-state index is -4.43. The molecular weight excluding hydrogens is 409 g/mol. The van der Waals surface area contributed by atoms with E-state index in [-0.39, 0.29) is 12.4 Å². The normalized spacial score (nSPS) is 12.0. The number of hydrogen-bond acceptors (Lipinski definition) is 4. The third-order valence-corrected chi connectivity index (χ3v) is 4.33. The average Bonchev–Trinajstić information content (AvgIpc) is 3.22. The van der Waals surface area contributed by atoms with Crippen molar-refractivity contribution in [3.05, 3.63) is 66.2 Å². The molecule has 3 aromatic rings. The first-order valence-corrected chi connectivity index (χ1v) is 9.50. The van der Waals surface area contributed by atoms with Crippen LogP contribution in [-0.2, 0) is 13.1 Å². The van der Waals surface area contributed by atoms with Gasteiger partial charge in [0.05, 0.1) is 18.4 Å². The number of imidazole rings is 1. The topological polar surface area (TPSA) is 78.4 Å². The summed E-state index contributed by atoms with van der Waals surface area (Å²) in [7, 11) is 3.46. The first kappa shape index (κ1) is 22.1. The molecule has 3 rings (SSSR count). The van der Waals surface area contributed by atoms with Crippen molar-refractivity contribution in [3.63, 3.8) is 0 Å². The van der Waals surface area contributed by atoms with Gasteiger partial charge in [-0.25, -0.2) is 9.97 Å². The van der Waals surface area contributed by atoms with E-state index in [2.05, 4.69) is 25.3 Å². The molecule has 0 aliphatic carbocycles. The minimum absolute atomic E-state index is 0.0658. The number of H-pyrrole nitrogens is 1. The van der Waals surface area contributed by atoms with E-state index >= 15 is 0 Å². The molecule has 0 amide bonds. The Morgan fingerprint density at radius 3 is 2.65 bits per heavy atom. The smallest absolute Gasteiger partial charge is 0.422 e. The van der Waals surface area contributed by atoms with E-state index in [9.17, 15) is 13.2 Å². The van der Waals surface area contributed by atoms with E-state index < -0.39 is 12.8 Å². The van der Waals surface area contributed by atoms with Gasteiger partial charge in [0.15, 0.2) is 12.6 Å². The molecule has 0 bridgehead atoms. The molecule has 0 spiro atoms. The second-order valence-electron chi connectivity index (χ2n) is 6.74. The number of benzene rings is 1. The van der Waals surface area contributed by atoms with Gasteiger partial charge < -0.3 is 19.9 Å². The number of alkyl halides is 3. The minimum Gasteiger partial charge on any atom is -0.468 e. The predicted octanol–water partition coefficient (Wildman–Crippen LogP) is 3.62. The zero-order chi connectivity index (χ0) is 22.3. The van der Waals surface area contributed by atoms with E-state index in [0.29, 0.717) is 18.1 Å². The van der Waals surface area contributed by atoms with Gasteiger partial charge in [-0.2, -0.15) is 13.2 Å². The van der Waals surface area contributed by atoms with Crippen LogP contribution in [0.15, 0.2) is 59.9 Å². The highest BCUT2D eigenvalue weighted by molar-refractivity contribution is 5.79. The standard InChI is InChI=1S/C21H23F3N6O/c1-25-20(28-11-16-9-6-10-26-19(16)31-14-21(22,23)24)30(2)13-18-27-12-17(29-18)15-7-4-3-5-8-15/h3-10,12H,11,13-14H2,1-2H3,(H,25,28)(H,27,29). The fourth-order valence-corrected chi connectivity index (χ4v) is 2.90. The highest BCUT2D eigenvalue weighted by atomic mass is 19.4. The van der Waals surface area contributed by atoms with Crippen molar-refractivity contribution in [2.75, 3.05) is 20.7 Å². The Kier molecular flexibility index (Phi) is 7.11. The number of aromatic nitrogens is 3. The summed E-state index contributed by atoms with van der Waals surface area (Å²) in [6.45, 7) is -0.740. The van der Waals surface area contributed by atoms with E-state index in [1.54, 1.807) is 25.4 Å². The third-order valence-electron chi connectivity index (χ3n) is 4.33. The van der Waals surface area contributed by atoms with Gasteiger partial charge in [-0.1, -0.05) is 36.4 Å². The molecule has 0 aliphatic heterocycles. The molecule has 0 atom stereocenters. The number of halogens is 3. The Balaban J connectivity index is 1.60. The fourth-order valence-electron chi connectivity index (χ4n) is 2.90. The molecule has 10 heteroatoms. The van der Waals surface area contributed by atoms with Crippen LogP contribution in [0.25, 0.3) is 11.3 Å². The molecule has 0 unspecified atom stereocenters. The maximum absolute atomic E-state index is 12.5. The Bertz CT molecular complexity index is 1000. The van der Waals surface area contributed by atoms with Gasteiger partial charge in [0.25, 0.3) is 0 Å². The fraction of sp³-hybridized carbons (Fsp3) is 0.286. The number of nitrogens with one attached hydrogen (secondary N) is 2. The molecule has 0 saturated carbocycles. The van der Waals surface area contributed by atoms with Crippen molar-refractivity contribution in [2.45, 2.75) is 19.3 Å². The summed E-state index contributed by atoms with van der Waals surface area (Å²) < 4.78 is 42.2. The Hall–Kier alpha value is -3.56. The number of rotatable bonds is 7. The maximum Gasteiger partial charge on any atom is 0.422 e. The maximum atomic E-state index is 12.5. The van der Waals surface area contributed by atoms with Gasteiger partial charge in [0, 0.05) is 32.4 Å². The zero-order valence-electron chi connectivity index (χ0n) is 17.1. The average molecular weight is 432 g/mol. The summed E-state index contributed by atoms with van der Waals surface area (Å²) >= 11 is 0. The third kappa shape index (κ3) is 6.46. The zero-order valence-corrected chi connectivity index (χ0v) is 17.1. The lowest BCUT2D eigenvalue weighted by Crippen LogP contribution is -2.38. The highest BCUT2D eigenvalue weighted by Gasteiger charge is 2.29. The van der Waals surface area contributed by atoms with Gasteiger partial charge >= 0.3 is 6.18 Å². The molecule has 31 heavy (non-hydrogen) atoms. The molecule has 2 heterocycles. The largest absolute Gasteiger partial charge is 0.468 e. The van der Waals surface area contributed by atoms with Crippen molar-refractivity contribution >= 4 is 5.96 Å². The molecule has 2 N–H and O–H groups in total. The lowest BCUT2D eigenvalue weighted by Gasteiger charge is -2.21. The first-order chi connectivity index (χ1) is 14.9. The van der Waals surface area contributed by atoms with Crippen LogP contribution in [0.2, 0.25) is 0 Å². The number of aromatic amines is 1. The van der Waals surface area contributed by atoms with Gasteiger partial charge in [-0.05, 0) is 11.6 Å². The lowest BCUT2D eigenvalue weighted by molar-refractivity contribution is -0.154. The molecule has 0 saturated heterocycles. The number of pyridine rings is 1. The summed E-state index contributed by atoms with van der Waals surface area (Å²) in [6, 6.07) is 13.1. The van der Waals surface area contributed by atoms with Crippen LogP contribution >= 0.6 is 0 Å². The van der Waals surface area contributed by atoms with Crippen molar-refractivity contribution in [1.29, 1.82) is 0 Å². The molecule has 0 radical (unpaired) electrons. The van der Waals surface area contributed by atoms with Crippen molar-refractivity contribution in [3.8, 4) is 17.1 Å². The van der Waals surface area contributed by atoms with E-state index in [1.165, 1.54) is 6.20 Å². The van der Waals surface area contributed by atoms with Crippen molar-refractivity contribution in [1.82, 2.24) is 25.2 Å². The number of hydrogen-bond donors (Lipinski definition) is 2. The van der Waals surface area contributed by atoms with Gasteiger partial charge in [-0.3, -0.25) is 4.99 Å². The van der Waals surface area contributed by atoms with Crippen LogP contribution in [0.3, 0.4) is 0 Å². The molecule has 2 aromatic heterocycles. The van der Waals surface area contributed by atoms with Crippen LogP contribution in [0.1, 0.15) is 11.4 Å². The SMILES string of the molecule is CN=C(NCc1cccnc1OCC(F)(F)F)N(C)Cc1ncc(-c2ccccc2)[nH]1. The summed E-state index contributed by atoms with van der Waals surface area (Å²) in [5, 5.41) is 3.11. The summed E-state index contributed by atoms with van der Waals surface area (Å²) in [4.78, 5) is 17.7. The van der Waals surface area contributed by atoms with Gasteiger partial charge in [0.1, 0.15) is 5.82 Å². The Labute approximate surface area is 178 Å². The van der Waals surface area contributed by atoms with Crippen LogP contribution < -0.4 is 10.1 Å². The van der Waals surface area contributed by atoms with Gasteiger partial charge in [0.2, 0.25) is 5.88 Å². The van der Waals surface area contributed by atoms with Crippen LogP contribution in [0, 0.1) is 0 Å². The molecule has 0 fully saturated rings. The molecular formula is C21H23F3N6O. The van der Waals surface area contributed by atoms with E-state index in [1.807, 2.05) is 42.3 Å². The van der Waals surface area contributed by atoms with Crippen LogP contribution in [0.5, 0.6) is 5.88 Å².